The minimum atomic E-state index is -1.93. The predicted octanol–water partition coefficient (Wildman–Crippen LogP) is 0.441. The van der Waals surface area contributed by atoms with Crippen LogP contribution in [0, 0.1) is 11.8 Å². The molecule has 1 fully saturated rings. The van der Waals surface area contributed by atoms with Crippen molar-refractivity contribution < 1.29 is 14.2 Å². The molecule has 0 aromatic carbocycles. The van der Waals surface area contributed by atoms with Crippen LogP contribution in [0.2, 0.25) is 0 Å². The Bertz CT molecular complexity index is 155. The molecule has 1 aliphatic rings. The zero-order valence-corrected chi connectivity index (χ0v) is 6.75. The van der Waals surface area contributed by atoms with Crippen molar-refractivity contribution in [3.05, 3.63) is 0 Å². The molecule has 2 radical (unpaired) electrons. The van der Waals surface area contributed by atoms with Gasteiger partial charge in [-0.05, 0) is 5.92 Å². The fourth-order valence-electron chi connectivity index (χ4n) is 1.30. The molecule has 0 saturated carbocycles. The van der Waals surface area contributed by atoms with Gasteiger partial charge in [0.05, 0.1) is 0 Å². The summed E-state index contributed by atoms with van der Waals surface area (Å²) in [4.78, 5) is 0. The van der Waals surface area contributed by atoms with E-state index in [0.29, 0.717) is 0 Å². The van der Waals surface area contributed by atoms with Gasteiger partial charge in [0.15, 0.2) is 0 Å². The number of aliphatic hydroxyl groups is 1. The normalized spacial score (nSPS) is 51.5. The molecule has 2 nitrogen and oxygen atoms in total. The maximum absolute atomic E-state index is 13.4. The van der Waals surface area contributed by atoms with Gasteiger partial charge in [0.25, 0.3) is 0 Å². The molecule has 0 spiro atoms. The van der Waals surface area contributed by atoms with E-state index in [-0.39, 0.29) is 11.8 Å². The zero-order chi connectivity index (χ0) is 8.65. The van der Waals surface area contributed by atoms with Crippen LogP contribution < -0.4 is 0 Å². The molecule has 0 unspecified atom stereocenters. The molecule has 1 rings (SSSR count). The lowest BCUT2D eigenvalue weighted by Crippen LogP contribution is -2.33. The Morgan fingerprint density at radius 1 is 1.64 bits per heavy atom. The number of rotatable bonds is 1. The Labute approximate surface area is 67.1 Å². The lowest BCUT2D eigenvalue weighted by Gasteiger charge is -2.21. The van der Waals surface area contributed by atoms with Gasteiger partial charge in [-0.3, -0.25) is 0 Å². The average molecular weight is 158 g/mol. The van der Waals surface area contributed by atoms with Gasteiger partial charge in [-0.2, -0.15) is 0 Å². The van der Waals surface area contributed by atoms with E-state index < -0.39 is 18.5 Å². The first-order valence-corrected chi connectivity index (χ1v) is 3.74. The highest BCUT2D eigenvalue weighted by Gasteiger charge is 2.49. The van der Waals surface area contributed by atoms with E-state index in [1.54, 1.807) is 6.92 Å². The molecule has 1 N–H and O–H groups in total. The Morgan fingerprint density at radius 2 is 2.18 bits per heavy atom. The van der Waals surface area contributed by atoms with Crippen LogP contribution >= 0.6 is 0 Å². The lowest BCUT2D eigenvalue weighted by atomic mass is 9.81. The van der Waals surface area contributed by atoms with Crippen molar-refractivity contribution >= 4 is 7.85 Å². The van der Waals surface area contributed by atoms with Crippen LogP contribution in [0.5, 0.6) is 0 Å². The van der Waals surface area contributed by atoms with E-state index >= 15 is 0 Å². The van der Waals surface area contributed by atoms with Crippen molar-refractivity contribution in [1.82, 2.24) is 0 Å². The SMILES string of the molecule is [B][C@@H]1O[C@](F)(CO)[C@@H](C)[C@H]1C. The summed E-state index contributed by atoms with van der Waals surface area (Å²) in [5, 5.41) is 8.68. The maximum atomic E-state index is 13.4. The van der Waals surface area contributed by atoms with E-state index in [9.17, 15) is 4.39 Å². The molecule has 0 aliphatic carbocycles. The summed E-state index contributed by atoms with van der Waals surface area (Å²) in [5.74, 6) is -2.33. The summed E-state index contributed by atoms with van der Waals surface area (Å²) in [5.41, 5.74) is 0. The van der Waals surface area contributed by atoms with Crippen molar-refractivity contribution in [2.75, 3.05) is 6.61 Å². The summed E-state index contributed by atoms with van der Waals surface area (Å²) in [6.07, 6.45) is 0. The number of hydrogen-bond acceptors (Lipinski definition) is 2. The summed E-state index contributed by atoms with van der Waals surface area (Å²) < 4.78 is 18.2. The third kappa shape index (κ3) is 1.29. The molecule has 0 amide bonds. The molecule has 1 aliphatic heterocycles. The Morgan fingerprint density at radius 3 is 2.36 bits per heavy atom. The molecule has 0 aromatic rings. The minimum Gasteiger partial charge on any atom is -0.390 e. The number of hydrogen-bond donors (Lipinski definition) is 1. The maximum Gasteiger partial charge on any atom is 0.234 e. The van der Waals surface area contributed by atoms with E-state index in [1.807, 2.05) is 6.92 Å². The van der Waals surface area contributed by atoms with Crippen LogP contribution in [0.1, 0.15) is 13.8 Å². The van der Waals surface area contributed by atoms with Crippen LogP contribution in [0.25, 0.3) is 0 Å². The quantitative estimate of drug-likeness (QED) is 0.561. The standard InChI is InChI=1S/C7H12BFO2/c1-4-5(2)7(9,3-10)11-6(4)8/h4-6,10H,3H2,1-2H3/t4-,5+,6-,7-/m1/s1. The van der Waals surface area contributed by atoms with Gasteiger partial charge < -0.3 is 9.84 Å². The van der Waals surface area contributed by atoms with Crippen LogP contribution in [0.3, 0.4) is 0 Å². The molecule has 11 heavy (non-hydrogen) atoms. The van der Waals surface area contributed by atoms with Crippen molar-refractivity contribution in [3.8, 4) is 0 Å². The van der Waals surface area contributed by atoms with Gasteiger partial charge in [0.2, 0.25) is 5.85 Å². The smallest absolute Gasteiger partial charge is 0.234 e. The largest absolute Gasteiger partial charge is 0.390 e. The second kappa shape index (κ2) is 2.75. The number of aliphatic hydroxyl groups excluding tert-OH is 1. The second-order valence-electron chi connectivity index (χ2n) is 3.17. The molecular formula is C7H12BFO2. The highest BCUT2D eigenvalue weighted by Crippen LogP contribution is 2.39. The molecule has 4 atom stereocenters. The van der Waals surface area contributed by atoms with E-state index in [2.05, 4.69) is 0 Å². The Hall–Kier alpha value is -0.0851. The average Bonchev–Trinajstić information content (AvgIpc) is 2.17. The first kappa shape index (κ1) is 9.01. The highest BCUT2D eigenvalue weighted by atomic mass is 19.2. The Kier molecular flexibility index (Phi) is 2.26. The zero-order valence-electron chi connectivity index (χ0n) is 6.75. The van der Waals surface area contributed by atoms with Crippen LogP contribution in [0.4, 0.5) is 4.39 Å². The van der Waals surface area contributed by atoms with Gasteiger partial charge in [-0.1, -0.05) is 13.8 Å². The highest BCUT2D eigenvalue weighted by molar-refractivity contribution is 6.11. The summed E-state index contributed by atoms with van der Waals surface area (Å²) in [6.45, 7) is 2.88. The van der Waals surface area contributed by atoms with Gasteiger partial charge in [0, 0.05) is 11.9 Å². The monoisotopic (exact) mass is 158 g/mol. The summed E-state index contributed by atoms with van der Waals surface area (Å²) in [6, 6.07) is -0.595. The Balaban J connectivity index is 2.73. The number of alkyl halides is 1. The molecule has 0 bridgehead atoms. The van der Waals surface area contributed by atoms with Gasteiger partial charge in [0.1, 0.15) is 14.5 Å². The molecule has 1 saturated heterocycles. The molecule has 0 aromatic heterocycles. The van der Waals surface area contributed by atoms with E-state index in [4.69, 9.17) is 17.7 Å². The predicted molar refractivity (Wildman–Crippen MR) is 39.9 cm³/mol. The molecular weight excluding hydrogens is 146 g/mol. The second-order valence-corrected chi connectivity index (χ2v) is 3.17. The molecule has 4 heteroatoms. The van der Waals surface area contributed by atoms with Crippen molar-refractivity contribution in [3.63, 3.8) is 0 Å². The fraction of sp³-hybridized carbons (Fsp3) is 1.00. The van der Waals surface area contributed by atoms with E-state index in [0.717, 1.165) is 0 Å². The minimum absolute atomic E-state index is 0.0489. The van der Waals surface area contributed by atoms with Crippen molar-refractivity contribution in [1.29, 1.82) is 0 Å². The lowest BCUT2D eigenvalue weighted by molar-refractivity contribution is -0.163. The first-order chi connectivity index (χ1) is 5.01. The molecule has 1 heterocycles. The van der Waals surface area contributed by atoms with Crippen LogP contribution in [-0.4, -0.2) is 31.4 Å². The summed E-state index contributed by atoms with van der Waals surface area (Å²) in [7, 11) is 5.45. The van der Waals surface area contributed by atoms with Crippen molar-refractivity contribution in [2.45, 2.75) is 25.7 Å². The van der Waals surface area contributed by atoms with Gasteiger partial charge in [-0.15, -0.1) is 0 Å². The summed E-state index contributed by atoms with van der Waals surface area (Å²) >= 11 is 0. The van der Waals surface area contributed by atoms with E-state index in [1.165, 1.54) is 0 Å². The number of halogens is 1. The third-order valence-electron chi connectivity index (χ3n) is 2.53. The molecule has 62 valence electrons. The van der Waals surface area contributed by atoms with Gasteiger partial charge in [-0.25, -0.2) is 4.39 Å². The van der Waals surface area contributed by atoms with Gasteiger partial charge >= 0.3 is 0 Å². The van der Waals surface area contributed by atoms with Crippen LogP contribution in [-0.2, 0) is 4.74 Å². The topological polar surface area (TPSA) is 29.5 Å². The third-order valence-corrected chi connectivity index (χ3v) is 2.53. The number of ether oxygens (including phenoxy) is 1. The van der Waals surface area contributed by atoms with Crippen molar-refractivity contribution in [2.24, 2.45) is 11.8 Å². The first-order valence-electron chi connectivity index (χ1n) is 3.74. The van der Waals surface area contributed by atoms with Crippen LogP contribution in [0.15, 0.2) is 0 Å². The fourth-order valence-corrected chi connectivity index (χ4v) is 1.30.